The molecule has 2 unspecified atom stereocenters. The Morgan fingerprint density at radius 2 is 2.04 bits per heavy atom. The molecule has 0 radical (unpaired) electrons. The topological polar surface area (TPSA) is 76.1 Å². The van der Waals surface area contributed by atoms with Crippen LogP contribution in [0.2, 0.25) is 0 Å². The highest BCUT2D eigenvalue weighted by Gasteiger charge is 2.34. The van der Waals surface area contributed by atoms with Crippen molar-refractivity contribution in [3.63, 3.8) is 0 Å². The van der Waals surface area contributed by atoms with E-state index in [0.717, 1.165) is 6.42 Å². The fraction of sp³-hybridized carbons (Fsp3) is 0.529. The standard InChI is InChI=1S/C17H23NO5/c1-11-6-7-18(14(8-11)17(20)21)16(19)10-12-9-13(22-2)4-5-15(12)23-3/h4-5,9,11,14H,6-8,10H2,1-3H3,(H,20,21). The zero-order valence-corrected chi connectivity index (χ0v) is 13.7. The van der Waals surface area contributed by atoms with Crippen molar-refractivity contribution in [2.45, 2.75) is 32.2 Å². The molecule has 0 saturated carbocycles. The van der Waals surface area contributed by atoms with Crippen LogP contribution in [0.15, 0.2) is 18.2 Å². The molecule has 0 aromatic heterocycles. The zero-order chi connectivity index (χ0) is 17.0. The van der Waals surface area contributed by atoms with Gasteiger partial charge in [0.15, 0.2) is 0 Å². The Morgan fingerprint density at radius 1 is 1.30 bits per heavy atom. The summed E-state index contributed by atoms with van der Waals surface area (Å²) in [6.07, 6.45) is 1.42. The fourth-order valence-corrected chi connectivity index (χ4v) is 2.96. The van der Waals surface area contributed by atoms with Gasteiger partial charge in [0.1, 0.15) is 17.5 Å². The molecule has 1 aromatic carbocycles. The molecule has 1 aromatic rings. The highest BCUT2D eigenvalue weighted by Crippen LogP contribution is 2.27. The molecule has 0 spiro atoms. The van der Waals surface area contributed by atoms with Crippen LogP contribution >= 0.6 is 0 Å². The minimum atomic E-state index is -0.942. The lowest BCUT2D eigenvalue weighted by Crippen LogP contribution is -2.50. The first-order chi connectivity index (χ1) is 11.0. The summed E-state index contributed by atoms with van der Waals surface area (Å²) in [4.78, 5) is 25.5. The average Bonchev–Trinajstić information content (AvgIpc) is 2.54. The third-order valence-corrected chi connectivity index (χ3v) is 4.30. The van der Waals surface area contributed by atoms with Gasteiger partial charge in [0.25, 0.3) is 0 Å². The summed E-state index contributed by atoms with van der Waals surface area (Å²) in [6, 6.07) is 4.51. The Kier molecular flexibility index (Phi) is 5.47. The minimum absolute atomic E-state index is 0.0958. The summed E-state index contributed by atoms with van der Waals surface area (Å²) in [5.74, 6) is 0.400. The van der Waals surface area contributed by atoms with E-state index in [-0.39, 0.29) is 12.3 Å². The lowest BCUT2D eigenvalue weighted by Gasteiger charge is -2.36. The van der Waals surface area contributed by atoms with Gasteiger partial charge in [-0.15, -0.1) is 0 Å². The maximum atomic E-state index is 12.6. The zero-order valence-electron chi connectivity index (χ0n) is 13.7. The van der Waals surface area contributed by atoms with Crippen molar-refractivity contribution in [3.05, 3.63) is 23.8 Å². The number of rotatable bonds is 5. The first kappa shape index (κ1) is 17.1. The Balaban J connectivity index is 2.19. The van der Waals surface area contributed by atoms with Gasteiger partial charge in [-0.25, -0.2) is 4.79 Å². The van der Waals surface area contributed by atoms with Crippen molar-refractivity contribution in [2.75, 3.05) is 20.8 Å². The molecule has 6 nitrogen and oxygen atoms in total. The molecule has 1 saturated heterocycles. The summed E-state index contributed by atoms with van der Waals surface area (Å²) < 4.78 is 10.5. The molecule has 2 atom stereocenters. The number of amides is 1. The Hall–Kier alpha value is -2.24. The van der Waals surface area contributed by atoms with Crippen molar-refractivity contribution in [1.29, 1.82) is 0 Å². The van der Waals surface area contributed by atoms with E-state index in [2.05, 4.69) is 0 Å². The predicted octanol–water partition coefficient (Wildman–Crippen LogP) is 1.96. The number of carboxylic acids is 1. The number of carboxylic acid groups (broad SMARTS) is 1. The Morgan fingerprint density at radius 3 is 2.65 bits per heavy atom. The maximum Gasteiger partial charge on any atom is 0.326 e. The summed E-state index contributed by atoms with van der Waals surface area (Å²) in [5, 5.41) is 9.39. The molecule has 1 heterocycles. The van der Waals surface area contributed by atoms with E-state index in [4.69, 9.17) is 9.47 Å². The monoisotopic (exact) mass is 321 g/mol. The van der Waals surface area contributed by atoms with Crippen molar-refractivity contribution >= 4 is 11.9 Å². The van der Waals surface area contributed by atoms with Crippen molar-refractivity contribution in [1.82, 2.24) is 4.90 Å². The number of carbonyl (C=O) groups excluding carboxylic acids is 1. The summed E-state index contributed by atoms with van der Waals surface area (Å²) in [7, 11) is 3.10. The van der Waals surface area contributed by atoms with Crippen molar-refractivity contribution in [3.8, 4) is 11.5 Å². The van der Waals surface area contributed by atoms with Crippen molar-refractivity contribution in [2.24, 2.45) is 5.92 Å². The number of benzene rings is 1. The molecule has 6 heteroatoms. The van der Waals surface area contributed by atoms with Crippen molar-refractivity contribution < 1.29 is 24.2 Å². The number of nitrogens with zero attached hydrogens (tertiary/aromatic N) is 1. The number of piperidine rings is 1. The SMILES string of the molecule is COc1ccc(OC)c(CC(=O)N2CCC(C)CC2C(=O)O)c1. The quantitative estimate of drug-likeness (QED) is 0.897. The van der Waals surface area contributed by atoms with E-state index in [1.807, 2.05) is 6.92 Å². The molecule has 0 aliphatic carbocycles. The molecule has 1 fully saturated rings. The highest BCUT2D eigenvalue weighted by atomic mass is 16.5. The van der Waals surface area contributed by atoms with Crippen LogP contribution < -0.4 is 9.47 Å². The normalized spacial score (nSPS) is 20.9. The van der Waals surface area contributed by atoms with E-state index >= 15 is 0 Å². The molecule has 0 bridgehead atoms. The average molecular weight is 321 g/mol. The summed E-state index contributed by atoms with van der Waals surface area (Å²) in [5.41, 5.74) is 0.694. The van der Waals surface area contributed by atoms with Crippen LogP contribution in [0.3, 0.4) is 0 Å². The number of hydrogen-bond acceptors (Lipinski definition) is 4. The van der Waals surface area contributed by atoms with Gasteiger partial charge in [-0.1, -0.05) is 6.92 Å². The number of carbonyl (C=O) groups is 2. The number of hydrogen-bond donors (Lipinski definition) is 1. The third-order valence-electron chi connectivity index (χ3n) is 4.30. The lowest BCUT2D eigenvalue weighted by atomic mass is 9.92. The second kappa shape index (κ2) is 7.35. The summed E-state index contributed by atoms with van der Waals surface area (Å²) >= 11 is 0. The van der Waals surface area contributed by atoms with Crippen LogP contribution in [0, 0.1) is 5.92 Å². The largest absolute Gasteiger partial charge is 0.497 e. The van der Waals surface area contributed by atoms with Gasteiger partial charge in [-0.2, -0.15) is 0 Å². The van der Waals surface area contributed by atoms with Gasteiger partial charge in [0.05, 0.1) is 20.6 Å². The van der Waals surface area contributed by atoms with E-state index < -0.39 is 12.0 Å². The smallest absolute Gasteiger partial charge is 0.326 e. The van der Waals surface area contributed by atoms with Crippen LogP contribution in [0.25, 0.3) is 0 Å². The Labute approximate surface area is 136 Å². The third kappa shape index (κ3) is 3.94. The predicted molar refractivity (Wildman–Crippen MR) is 84.8 cm³/mol. The van der Waals surface area contributed by atoms with Gasteiger partial charge in [0, 0.05) is 12.1 Å². The molecule has 1 aliphatic rings. The molecule has 1 aliphatic heterocycles. The minimum Gasteiger partial charge on any atom is -0.497 e. The van der Waals surface area contributed by atoms with Crippen LogP contribution in [-0.2, 0) is 16.0 Å². The van der Waals surface area contributed by atoms with Crippen LogP contribution in [0.5, 0.6) is 11.5 Å². The molecule has 1 amide bonds. The molecule has 126 valence electrons. The number of methoxy groups -OCH3 is 2. The lowest BCUT2D eigenvalue weighted by molar-refractivity contribution is -0.152. The van der Waals surface area contributed by atoms with Gasteiger partial charge in [0.2, 0.25) is 5.91 Å². The van der Waals surface area contributed by atoms with Crippen LogP contribution in [0.1, 0.15) is 25.3 Å². The first-order valence-electron chi connectivity index (χ1n) is 7.69. The van der Waals surface area contributed by atoms with Gasteiger partial charge in [-0.05, 0) is 37.0 Å². The molecular weight excluding hydrogens is 298 g/mol. The molecule has 23 heavy (non-hydrogen) atoms. The van der Waals surface area contributed by atoms with E-state index in [0.29, 0.717) is 35.9 Å². The maximum absolute atomic E-state index is 12.6. The number of aliphatic carboxylic acids is 1. The molecular formula is C17H23NO5. The van der Waals surface area contributed by atoms with E-state index in [1.165, 1.54) is 4.90 Å². The highest BCUT2D eigenvalue weighted by molar-refractivity contribution is 5.85. The summed E-state index contributed by atoms with van der Waals surface area (Å²) in [6.45, 7) is 2.49. The molecule has 2 rings (SSSR count). The van der Waals surface area contributed by atoms with E-state index in [1.54, 1.807) is 32.4 Å². The van der Waals surface area contributed by atoms with Gasteiger partial charge < -0.3 is 19.5 Å². The number of likely N-dealkylation sites (tertiary alicyclic amines) is 1. The first-order valence-corrected chi connectivity index (χ1v) is 7.69. The number of ether oxygens (including phenoxy) is 2. The second-order valence-electron chi connectivity index (χ2n) is 5.93. The van der Waals surface area contributed by atoms with Crippen LogP contribution in [0.4, 0.5) is 0 Å². The van der Waals surface area contributed by atoms with Gasteiger partial charge >= 0.3 is 5.97 Å². The van der Waals surface area contributed by atoms with E-state index in [9.17, 15) is 14.7 Å². The second-order valence-corrected chi connectivity index (χ2v) is 5.93. The Bertz CT molecular complexity index is 586. The van der Waals surface area contributed by atoms with Gasteiger partial charge in [-0.3, -0.25) is 4.79 Å². The molecule has 1 N–H and O–H groups in total. The van der Waals surface area contributed by atoms with Crippen LogP contribution in [-0.4, -0.2) is 48.7 Å². The fourth-order valence-electron chi connectivity index (χ4n) is 2.96.